The molecule has 142 valence electrons. The second-order valence-corrected chi connectivity index (χ2v) is 7.39. The van der Waals surface area contributed by atoms with Gasteiger partial charge in [0.25, 0.3) is 0 Å². The summed E-state index contributed by atoms with van der Waals surface area (Å²) in [5, 5.41) is 2.39. The number of benzene rings is 2. The molecule has 27 heavy (non-hydrogen) atoms. The molecule has 0 aliphatic carbocycles. The van der Waals surface area contributed by atoms with E-state index in [2.05, 4.69) is 55.5 Å². The van der Waals surface area contributed by atoms with Gasteiger partial charge in [0, 0.05) is 10.8 Å². The van der Waals surface area contributed by atoms with Crippen LogP contribution in [0.2, 0.25) is 0 Å². The van der Waals surface area contributed by atoms with Crippen LogP contribution in [0.5, 0.6) is 5.75 Å². The van der Waals surface area contributed by atoms with Gasteiger partial charge in [-0.2, -0.15) is 0 Å². The number of nitrogens with zero attached hydrogens (tertiary/aromatic N) is 1. The first kappa shape index (κ1) is 19.4. The molecule has 0 radical (unpaired) electrons. The Hall–Kier alpha value is -2.35. The summed E-state index contributed by atoms with van der Waals surface area (Å²) in [6, 6.07) is 18.9. The van der Waals surface area contributed by atoms with E-state index < -0.39 is 0 Å². The van der Waals surface area contributed by atoms with Crippen molar-refractivity contribution in [3.05, 3.63) is 72.6 Å². The Bertz CT molecular complexity index is 810. The summed E-state index contributed by atoms with van der Waals surface area (Å²) in [6.07, 6.45) is 16.1. The number of hydrogen-bond donors (Lipinski definition) is 0. The minimum Gasteiger partial charge on any atom is -0.232 e. The monoisotopic (exact) mass is 362 g/mol. The highest BCUT2D eigenvalue weighted by molar-refractivity contribution is 5.80. The Kier molecular flexibility index (Phi) is 7.70. The maximum Gasteiger partial charge on any atom is 0.230 e. The minimum absolute atomic E-state index is 0.870. The van der Waals surface area contributed by atoms with Gasteiger partial charge in [0.05, 0.1) is 5.39 Å². The molecule has 2 nitrogen and oxygen atoms in total. The Morgan fingerprint density at radius 2 is 1.37 bits per heavy atom. The molecule has 0 fully saturated rings. The number of fused-ring (bicyclic) bond motifs is 1. The van der Waals surface area contributed by atoms with Crippen LogP contribution in [-0.4, -0.2) is 0 Å². The summed E-state index contributed by atoms with van der Waals surface area (Å²) >= 11 is 0. The molecule has 0 aliphatic rings. The van der Waals surface area contributed by atoms with Crippen molar-refractivity contribution in [3.63, 3.8) is 0 Å². The fraction of sp³-hybridized carbons (Fsp3) is 0.400. The molecule has 2 heteroatoms. The molecule has 1 aromatic heterocycles. The SMILES string of the molecule is CCCCCCCCCCc1ccc(O[n+]2ccc3ccccc3c2)cc1. The fourth-order valence-corrected chi connectivity index (χ4v) is 3.47. The molecule has 3 rings (SSSR count). The van der Waals surface area contributed by atoms with Crippen LogP contribution in [-0.2, 0) is 6.42 Å². The van der Waals surface area contributed by atoms with Gasteiger partial charge in [-0.1, -0.05) is 82.2 Å². The first-order valence-corrected chi connectivity index (χ1v) is 10.5. The van der Waals surface area contributed by atoms with E-state index in [-0.39, 0.29) is 0 Å². The molecule has 0 saturated heterocycles. The van der Waals surface area contributed by atoms with Crippen molar-refractivity contribution in [1.29, 1.82) is 0 Å². The van der Waals surface area contributed by atoms with Gasteiger partial charge in [-0.25, -0.2) is 4.84 Å². The van der Waals surface area contributed by atoms with Gasteiger partial charge >= 0.3 is 0 Å². The molecule has 0 amide bonds. The molecule has 0 aliphatic heterocycles. The van der Waals surface area contributed by atoms with Gasteiger partial charge in [0.15, 0.2) is 0 Å². The molecule has 0 unspecified atom stereocenters. The average molecular weight is 363 g/mol. The van der Waals surface area contributed by atoms with E-state index in [0.29, 0.717) is 0 Å². The Balaban J connectivity index is 1.41. The summed E-state index contributed by atoms with van der Waals surface area (Å²) in [7, 11) is 0. The smallest absolute Gasteiger partial charge is 0.230 e. The molecular weight excluding hydrogens is 330 g/mol. The fourth-order valence-electron chi connectivity index (χ4n) is 3.47. The van der Waals surface area contributed by atoms with Crippen LogP contribution in [0.4, 0.5) is 0 Å². The number of hydrogen-bond acceptors (Lipinski definition) is 1. The van der Waals surface area contributed by atoms with Gasteiger partial charge in [0.1, 0.15) is 0 Å². The molecular formula is C25H32NO+. The van der Waals surface area contributed by atoms with Crippen LogP contribution in [0, 0.1) is 0 Å². The maximum absolute atomic E-state index is 5.95. The first-order valence-electron chi connectivity index (χ1n) is 10.5. The lowest BCUT2D eigenvalue weighted by atomic mass is 10.0. The maximum atomic E-state index is 5.95. The zero-order chi connectivity index (χ0) is 18.7. The van der Waals surface area contributed by atoms with Crippen LogP contribution < -0.4 is 9.57 Å². The van der Waals surface area contributed by atoms with E-state index in [0.717, 1.165) is 5.75 Å². The summed E-state index contributed by atoms with van der Waals surface area (Å²) in [6.45, 7) is 2.27. The quantitative estimate of drug-likeness (QED) is 0.275. The van der Waals surface area contributed by atoms with Crippen LogP contribution in [0.15, 0.2) is 67.0 Å². The van der Waals surface area contributed by atoms with Crippen molar-refractivity contribution in [2.75, 3.05) is 0 Å². The second kappa shape index (κ2) is 10.7. The lowest BCUT2D eigenvalue weighted by molar-refractivity contribution is -0.874. The van der Waals surface area contributed by atoms with Crippen molar-refractivity contribution >= 4 is 10.8 Å². The molecule has 2 aromatic carbocycles. The van der Waals surface area contributed by atoms with Gasteiger partial charge in [-0.15, -0.1) is 0 Å². The largest absolute Gasteiger partial charge is 0.232 e. The highest BCUT2D eigenvalue weighted by atomic mass is 16.7. The zero-order valence-corrected chi connectivity index (χ0v) is 16.6. The topological polar surface area (TPSA) is 13.1 Å². The third-order valence-electron chi connectivity index (χ3n) is 5.12. The molecule has 0 saturated carbocycles. The van der Waals surface area contributed by atoms with E-state index in [1.807, 2.05) is 18.5 Å². The van der Waals surface area contributed by atoms with Crippen LogP contribution >= 0.6 is 0 Å². The zero-order valence-electron chi connectivity index (χ0n) is 16.6. The van der Waals surface area contributed by atoms with Gasteiger partial charge in [-0.3, -0.25) is 0 Å². The summed E-state index contributed by atoms with van der Waals surface area (Å²) in [5.74, 6) is 0.870. The van der Waals surface area contributed by atoms with Gasteiger partial charge in [0.2, 0.25) is 18.1 Å². The summed E-state index contributed by atoms with van der Waals surface area (Å²) in [5.41, 5.74) is 1.40. The minimum atomic E-state index is 0.870. The van der Waals surface area contributed by atoms with E-state index in [4.69, 9.17) is 4.84 Å². The standard InChI is InChI=1S/C25H32NO/c1-2-3-4-5-6-7-8-9-12-22-15-17-25(18-16-22)27-26-20-19-23-13-10-11-14-24(23)21-26/h10-11,13-21H,2-9,12H2,1H3/q+1. The van der Waals surface area contributed by atoms with Gasteiger partial charge in [-0.05, 0) is 42.0 Å². The van der Waals surface area contributed by atoms with E-state index in [1.165, 1.54) is 74.1 Å². The molecule has 0 atom stereocenters. The number of aromatic nitrogens is 1. The molecule has 1 heterocycles. The molecule has 0 spiro atoms. The lowest BCUT2D eigenvalue weighted by Gasteiger charge is -2.04. The third kappa shape index (κ3) is 6.39. The van der Waals surface area contributed by atoms with Crippen molar-refractivity contribution in [3.8, 4) is 5.75 Å². The number of unbranched alkanes of at least 4 members (excludes halogenated alkanes) is 7. The molecule has 0 bridgehead atoms. The van der Waals surface area contributed by atoms with Crippen LogP contribution in [0.1, 0.15) is 63.9 Å². The number of pyridine rings is 1. The summed E-state index contributed by atoms with van der Waals surface area (Å²) < 4.78 is 1.77. The van der Waals surface area contributed by atoms with E-state index >= 15 is 0 Å². The normalized spacial score (nSPS) is 11.0. The predicted octanol–water partition coefficient (Wildman–Crippen LogP) is 6.65. The lowest BCUT2D eigenvalue weighted by Crippen LogP contribution is -2.38. The highest BCUT2D eigenvalue weighted by Crippen LogP contribution is 2.16. The predicted molar refractivity (Wildman–Crippen MR) is 113 cm³/mol. The Labute approximate surface area is 163 Å². The average Bonchev–Trinajstić information content (AvgIpc) is 2.71. The Morgan fingerprint density at radius 3 is 2.11 bits per heavy atom. The van der Waals surface area contributed by atoms with Crippen LogP contribution in [0.25, 0.3) is 10.8 Å². The van der Waals surface area contributed by atoms with Gasteiger partial charge < -0.3 is 0 Å². The van der Waals surface area contributed by atoms with Crippen molar-refractivity contribution in [2.45, 2.75) is 64.7 Å². The van der Waals surface area contributed by atoms with E-state index in [1.54, 1.807) is 4.73 Å². The summed E-state index contributed by atoms with van der Waals surface area (Å²) in [4.78, 5) is 5.95. The third-order valence-corrected chi connectivity index (χ3v) is 5.12. The van der Waals surface area contributed by atoms with Crippen LogP contribution in [0.3, 0.4) is 0 Å². The second-order valence-electron chi connectivity index (χ2n) is 7.39. The molecule has 0 N–H and O–H groups in total. The highest BCUT2D eigenvalue weighted by Gasteiger charge is 2.06. The number of rotatable bonds is 11. The first-order chi connectivity index (χ1) is 13.3. The Morgan fingerprint density at radius 1 is 0.704 bits per heavy atom. The van der Waals surface area contributed by atoms with E-state index in [9.17, 15) is 0 Å². The van der Waals surface area contributed by atoms with Crippen molar-refractivity contribution < 1.29 is 9.57 Å². The number of aryl methyl sites for hydroxylation is 1. The van der Waals surface area contributed by atoms with Crippen molar-refractivity contribution in [2.24, 2.45) is 0 Å². The molecule has 3 aromatic rings. The van der Waals surface area contributed by atoms with Crippen molar-refractivity contribution in [1.82, 2.24) is 0 Å².